The van der Waals surface area contributed by atoms with Gasteiger partial charge >= 0.3 is 0 Å². The summed E-state index contributed by atoms with van der Waals surface area (Å²) in [6, 6.07) is 10.3. The van der Waals surface area contributed by atoms with Gasteiger partial charge in [0.25, 0.3) is 6.43 Å². The van der Waals surface area contributed by atoms with Gasteiger partial charge in [0.05, 0.1) is 6.54 Å². The lowest BCUT2D eigenvalue weighted by Gasteiger charge is -2.40. The fourth-order valence-electron chi connectivity index (χ4n) is 3.51. The van der Waals surface area contributed by atoms with Crippen molar-refractivity contribution in [3.8, 4) is 0 Å². The quantitative estimate of drug-likeness (QED) is 0.687. The van der Waals surface area contributed by atoms with E-state index in [1.807, 2.05) is 6.07 Å². The molecule has 0 saturated carbocycles. The Bertz CT molecular complexity index is 806. The predicted molar refractivity (Wildman–Crippen MR) is 106 cm³/mol. The lowest BCUT2D eigenvalue weighted by Crippen LogP contribution is -2.45. The van der Waals surface area contributed by atoms with Crippen LogP contribution in [0.3, 0.4) is 0 Å². The largest absolute Gasteiger partial charge is 0.355 e. The Morgan fingerprint density at radius 1 is 1.25 bits per heavy atom. The molecule has 1 aromatic carbocycles. The van der Waals surface area contributed by atoms with Crippen molar-refractivity contribution in [3.63, 3.8) is 0 Å². The smallest absolute Gasteiger partial charge is 0.255 e. The van der Waals surface area contributed by atoms with E-state index >= 15 is 0 Å². The zero-order valence-electron chi connectivity index (χ0n) is 16.5. The maximum absolute atomic E-state index is 12.6. The molecule has 0 N–H and O–H groups in total. The summed E-state index contributed by atoms with van der Waals surface area (Å²) in [6.07, 6.45) is -0.253. The molecule has 5 nitrogen and oxygen atoms in total. The van der Waals surface area contributed by atoms with E-state index in [0.717, 1.165) is 18.9 Å². The highest BCUT2D eigenvalue weighted by Crippen LogP contribution is 2.32. The summed E-state index contributed by atoms with van der Waals surface area (Å²) in [5, 5.41) is 0. The third kappa shape index (κ3) is 4.82. The summed E-state index contributed by atoms with van der Waals surface area (Å²) in [5.74, 6) is 1.91. The van der Waals surface area contributed by atoms with Crippen LogP contribution in [0.2, 0.25) is 0 Å². The average molecular weight is 388 g/mol. The SMILES string of the molecule is CC(=O)C[C@@H](C)c1ccc(C2CN(c3ccnc(N(C)CC(F)F)n3)C2)cc1. The Morgan fingerprint density at radius 2 is 1.93 bits per heavy atom. The van der Waals surface area contributed by atoms with Crippen molar-refractivity contribution in [2.24, 2.45) is 0 Å². The second-order valence-corrected chi connectivity index (χ2v) is 7.56. The van der Waals surface area contributed by atoms with Crippen molar-refractivity contribution in [2.75, 3.05) is 36.5 Å². The summed E-state index contributed by atoms with van der Waals surface area (Å²) >= 11 is 0. The Morgan fingerprint density at radius 3 is 2.54 bits per heavy atom. The molecule has 0 bridgehead atoms. The Kier molecular flexibility index (Phi) is 6.21. The number of hydrogen-bond donors (Lipinski definition) is 0. The Labute approximate surface area is 164 Å². The number of nitrogens with zero attached hydrogens (tertiary/aromatic N) is 4. The van der Waals surface area contributed by atoms with Crippen molar-refractivity contribution in [1.82, 2.24) is 9.97 Å². The number of aromatic nitrogens is 2. The van der Waals surface area contributed by atoms with Crippen LogP contribution in [0.1, 0.15) is 43.2 Å². The van der Waals surface area contributed by atoms with Gasteiger partial charge in [0, 0.05) is 38.7 Å². The predicted octanol–water partition coefficient (Wildman–Crippen LogP) is 3.86. The monoisotopic (exact) mass is 388 g/mol. The van der Waals surface area contributed by atoms with Crippen LogP contribution in [-0.4, -0.2) is 48.9 Å². The molecule has 0 radical (unpaired) electrons. The molecule has 1 saturated heterocycles. The average Bonchev–Trinajstić information content (AvgIpc) is 2.60. The van der Waals surface area contributed by atoms with Crippen LogP contribution in [-0.2, 0) is 4.79 Å². The van der Waals surface area contributed by atoms with Gasteiger partial charge in [0.2, 0.25) is 5.95 Å². The maximum Gasteiger partial charge on any atom is 0.255 e. The molecule has 2 aromatic rings. The van der Waals surface area contributed by atoms with Crippen molar-refractivity contribution in [1.29, 1.82) is 0 Å². The molecule has 0 unspecified atom stereocenters. The molecule has 1 fully saturated rings. The Balaban J connectivity index is 1.59. The molecule has 28 heavy (non-hydrogen) atoms. The highest BCUT2D eigenvalue weighted by molar-refractivity contribution is 5.76. The van der Waals surface area contributed by atoms with Crippen molar-refractivity contribution in [2.45, 2.75) is 38.5 Å². The van der Waals surface area contributed by atoms with E-state index in [1.54, 1.807) is 20.2 Å². The van der Waals surface area contributed by atoms with Crippen LogP contribution < -0.4 is 9.80 Å². The molecule has 3 rings (SSSR count). The zero-order valence-corrected chi connectivity index (χ0v) is 16.5. The number of rotatable bonds is 8. The molecule has 0 spiro atoms. The minimum Gasteiger partial charge on any atom is -0.355 e. The van der Waals surface area contributed by atoms with Gasteiger partial charge in [-0.05, 0) is 30.0 Å². The molecule has 1 aliphatic rings. The van der Waals surface area contributed by atoms with Crippen LogP contribution in [0, 0.1) is 0 Å². The highest BCUT2D eigenvalue weighted by atomic mass is 19.3. The third-order valence-electron chi connectivity index (χ3n) is 5.16. The zero-order chi connectivity index (χ0) is 20.3. The van der Waals surface area contributed by atoms with Crippen molar-refractivity contribution < 1.29 is 13.6 Å². The first-order chi connectivity index (χ1) is 13.3. The lowest BCUT2D eigenvalue weighted by molar-refractivity contribution is -0.117. The topological polar surface area (TPSA) is 49.3 Å². The van der Waals surface area contributed by atoms with Gasteiger partial charge in [-0.25, -0.2) is 13.8 Å². The molecular weight excluding hydrogens is 362 g/mol. The van der Waals surface area contributed by atoms with E-state index < -0.39 is 6.43 Å². The Hall–Kier alpha value is -2.57. The highest BCUT2D eigenvalue weighted by Gasteiger charge is 2.29. The number of carbonyl (C=O) groups is 1. The lowest BCUT2D eigenvalue weighted by atomic mass is 9.88. The van der Waals surface area contributed by atoms with Gasteiger partial charge < -0.3 is 14.6 Å². The summed E-state index contributed by atoms with van der Waals surface area (Å²) in [6.45, 7) is 4.96. The number of anilines is 2. The normalized spacial score (nSPS) is 15.4. The first-order valence-electron chi connectivity index (χ1n) is 9.50. The van der Waals surface area contributed by atoms with E-state index in [1.165, 1.54) is 16.0 Å². The fraction of sp³-hybridized carbons (Fsp3) is 0.476. The molecule has 0 amide bonds. The summed E-state index contributed by atoms with van der Waals surface area (Å²) < 4.78 is 25.1. The molecule has 150 valence electrons. The molecule has 0 aliphatic carbocycles. The van der Waals surface area contributed by atoms with Gasteiger partial charge in [-0.15, -0.1) is 0 Å². The fourth-order valence-corrected chi connectivity index (χ4v) is 3.51. The number of ketones is 1. The summed E-state index contributed by atoms with van der Waals surface area (Å²) in [7, 11) is 1.57. The second kappa shape index (κ2) is 8.63. The van der Waals surface area contributed by atoms with Crippen LogP contribution in [0.4, 0.5) is 20.5 Å². The van der Waals surface area contributed by atoms with E-state index in [2.05, 4.69) is 46.1 Å². The first kappa shape index (κ1) is 20.2. The molecule has 7 heteroatoms. The molecule has 1 aromatic heterocycles. The van der Waals surface area contributed by atoms with E-state index in [0.29, 0.717) is 18.3 Å². The molecule has 2 heterocycles. The number of halogens is 2. The van der Waals surface area contributed by atoms with Gasteiger partial charge in [0.15, 0.2) is 0 Å². The van der Waals surface area contributed by atoms with E-state index in [-0.39, 0.29) is 18.2 Å². The van der Waals surface area contributed by atoms with Gasteiger partial charge in [-0.2, -0.15) is 4.98 Å². The van der Waals surface area contributed by atoms with Crippen molar-refractivity contribution in [3.05, 3.63) is 47.7 Å². The number of benzene rings is 1. The number of alkyl halides is 2. The first-order valence-corrected chi connectivity index (χ1v) is 9.50. The van der Waals surface area contributed by atoms with Crippen LogP contribution in [0.25, 0.3) is 0 Å². The molecular formula is C21H26F2N4O. The van der Waals surface area contributed by atoms with Crippen LogP contribution >= 0.6 is 0 Å². The maximum atomic E-state index is 12.6. The number of carbonyl (C=O) groups excluding carboxylic acids is 1. The van der Waals surface area contributed by atoms with Crippen molar-refractivity contribution >= 4 is 17.5 Å². The molecule has 1 atom stereocenters. The van der Waals surface area contributed by atoms with E-state index in [4.69, 9.17) is 0 Å². The summed E-state index contributed by atoms with van der Waals surface area (Å²) in [4.78, 5) is 23.3. The van der Waals surface area contributed by atoms with Crippen LogP contribution in [0.5, 0.6) is 0 Å². The van der Waals surface area contributed by atoms with Gasteiger partial charge in [-0.3, -0.25) is 0 Å². The standard InChI is InChI=1S/C21H26F2N4O/c1-14(10-15(2)28)16-4-6-17(7-5-16)18-11-27(12-18)20-8-9-24-21(25-20)26(3)13-19(22)23/h4-9,14,18-19H,10-13H2,1-3H3/t14-/m1/s1. The second-order valence-electron chi connectivity index (χ2n) is 7.56. The minimum absolute atomic E-state index is 0.203. The number of hydrogen-bond acceptors (Lipinski definition) is 5. The third-order valence-corrected chi connectivity index (χ3v) is 5.16. The molecule has 1 aliphatic heterocycles. The summed E-state index contributed by atoms with van der Waals surface area (Å²) in [5.41, 5.74) is 2.44. The number of Topliss-reactive ketones (excluding diaryl/α,β-unsaturated/α-hetero) is 1. The van der Waals surface area contributed by atoms with Gasteiger partial charge in [-0.1, -0.05) is 31.2 Å². The minimum atomic E-state index is -2.42. The van der Waals surface area contributed by atoms with Gasteiger partial charge in [0.1, 0.15) is 11.6 Å². The van der Waals surface area contributed by atoms with E-state index in [9.17, 15) is 13.6 Å². The van der Waals surface area contributed by atoms with Crippen LogP contribution in [0.15, 0.2) is 36.5 Å².